The number of nitrogens with zero attached hydrogens (tertiary/aromatic N) is 4. The molecule has 230 valence electrons. The predicted octanol–water partition coefficient (Wildman–Crippen LogP) is 11.3. The summed E-state index contributed by atoms with van der Waals surface area (Å²) < 4.78 is 2.37. The van der Waals surface area contributed by atoms with E-state index < -0.39 is 0 Å². The Morgan fingerprint density at radius 1 is 0.306 bits per heavy atom. The molecule has 0 saturated carbocycles. The van der Waals surface area contributed by atoms with Crippen LogP contribution in [-0.4, -0.2) is 19.5 Å². The molecule has 0 aliphatic heterocycles. The Bertz CT molecular complexity index is 2520. The van der Waals surface area contributed by atoms with Crippen LogP contribution < -0.4 is 0 Å². The third-order valence-corrected chi connectivity index (χ3v) is 9.08. The highest BCUT2D eigenvalue weighted by molar-refractivity contribution is 6.09. The van der Waals surface area contributed by atoms with Gasteiger partial charge in [-0.25, -0.2) is 15.0 Å². The van der Waals surface area contributed by atoms with Gasteiger partial charge in [0.15, 0.2) is 17.5 Å². The zero-order chi connectivity index (χ0) is 32.6. The maximum Gasteiger partial charge on any atom is 0.164 e. The molecule has 2 heterocycles. The van der Waals surface area contributed by atoms with Crippen LogP contribution in [0, 0.1) is 0 Å². The van der Waals surface area contributed by atoms with Gasteiger partial charge in [0.1, 0.15) is 0 Å². The molecule has 0 spiro atoms. The fourth-order valence-electron chi connectivity index (χ4n) is 6.69. The van der Waals surface area contributed by atoms with Crippen molar-refractivity contribution < 1.29 is 0 Å². The summed E-state index contributed by atoms with van der Waals surface area (Å²) in [5, 5.41) is 2.44. The minimum Gasteiger partial charge on any atom is -0.309 e. The van der Waals surface area contributed by atoms with Crippen LogP contribution in [0.5, 0.6) is 0 Å². The fraction of sp³-hybridized carbons (Fsp3) is 0. The number of hydrogen-bond acceptors (Lipinski definition) is 3. The molecule has 0 amide bonds. The molecule has 0 aliphatic rings. The molecule has 9 rings (SSSR count). The van der Waals surface area contributed by atoms with Crippen LogP contribution >= 0.6 is 0 Å². The molecule has 2 aromatic heterocycles. The van der Waals surface area contributed by atoms with Crippen LogP contribution in [0.1, 0.15) is 0 Å². The summed E-state index contributed by atoms with van der Waals surface area (Å²) in [5.41, 5.74) is 10.8. The Balaban J connectivity index is 1.26. The van der Waals surface area contributed by atoms with Gasteiger partial charge in [-0.1, -0.05) is 164 Å². The molecule has 0 saturated heterocycles. The van der Waals surface area contributed by atoms with E-state index in [1.54, 1.807) is 0 Å². The van der Waals surface area contributed by atoms with Crippen molar-refractivity contribution in [2.45, 2.75) is 0 Å². The van der Waals surface area contributed by atoms with E-state index in [4.69, 9.17) is 15.0 Å². The molecule has 0 atom stereocenters. The summed E-state index contributed by atoms with van der Waals surface area (Å²) in [4.78, 5) is 15.2. The van der Waals surface area contributed by atoms with Gasteiger partial charge >= 0.3 is 0 Å². The molecule has 0 N–H and O–H groups in total. The molecular formula is C45H30N4. The van der Waals surface area contributed by atoms with Crippen LogP contribution in [0.25, 0.3) is 83.9 Å². The van der Waals surface area contributed by atoms with Gasteiger partial charge in [-0.3, -0.25) is 0 Å². The summed E-state index contributed by atoms with van der Waals surface area (Å²) in [6, 6.07) is 63.3. The van der Waals surface area contributed by atoms with Crippen LogP contribution in [0.3, 0.4) is 0 Å². The number of aromatic nitrogens is 4. The predicted molar refractivity (Wildman–Crippen MR) is 201 cm³/mol. The van der Waals surface area contributed by atoms with Crippen LogP contribution in [0.4, 0.5) is 0 Å². The zero-order valence-corrected chi connectivity index (χ0v) is 26.6. The van der Waals surface area contributed by atoms with Crippen LogP contribution in [0.15, 0.2) is 182 Å². The molecule has 4 nitrogen and oxygen atoms in total. The second-order valence-corrected chi connectivity index (χ2v) is 12.1. The lowest BCUT2D eigenvalue weighted by molar-refractivity contribution is 1.07. The first kappa shape index (κ1) is 28.6. The van der Waals surface area contributed by atoms with Crippen LogP contribution in [0.2, 0.25) is 0 Å². The molecule has 0 aliphatic carbocycles. The van der Waals surface area contributed by atoms with Crippen molar-refractivity contribution in [3.8, 4) is 62.1 Å². The lowest BCUT2D eigenvalue weighted by Gasteiger charge is -2.16. The Morgan fingerprint density at radius 3 is 1.27 bits per heavy atom. The summed E-state index contributed by atoms with van der Waals surface area (Å²) in [6.07, 6.45) is 0. The fourth-order valence-corrected chi connectivity index (χ4v) is 6.69. The highest BCUT2D eigenvalue weighted by Crippen LogP contribution is 2.38. The van der Waals surface area contributed by atoms with E-state index in [1.165, 1.54) is 16.3 Å². The van der Waals surface area contributed by atoms with E-state index in [0.717, 1.165) is 50.1 Å². The van der Waals surface area contributed by atoms with Gasteiger partial charge in [0.05, 0.1) is 16.7 Å². The lowest BCUT2D eigenvalue weighted by atomic mass is 10.0. The summed E-state index contributed by atoms with van der Waals surface area (Å²) in [6.45, 7) is 0. The van der Waals surface area contributed by atoms with E-state index in [-0.39, 0.29) is 0 Å². The number of hydrogen-bond donors (Lipinski definition) is 0. The molecule has 4 heteroatoms. The largest absolute Gasteiger partial charge is 0.309 e. The molecule has 49 heavy (non-hydrogen) atoms. The van der Waals surface area contributed by atoms with Crippen molar-refractivity contribution in [2.75, 3.05) is 0 Å². The SMILES string of the molecule is c1ccc(-c2ccc(-c3nc(-c4ccccc4)nc(-c4ccc(-c5ccccc5)c(-n5c6ccccc6c6ccccc65)c4)n3)cc2)cc1. The van der Waals surface area contributed by atoms with E-state index in [1.807, 2.05) is 36.4 Å². The van der Waals surface area contributed by atoms with E-state index >= 15 is 0 Å². The van der Waals surface area contributed by atoms with Crippen molar-refractivity contribution in [2.24, 2.45) is 0 Å². The highest BCUT2D eigenvalue weighted by atomic mass is 15.0. The van der Waals surface area contributed by atoms with Gasteiger partial charge in [0, 0.05) is 33.0 Å². The first-order chi connectivity index (χ1) is 24.3. The molecule has 0 unspecified atom stereocenters. The van der Waals surface area contributed by atoms with Crippen molar-refractivity contribution >= 4 is 21.8 Å². The van der Waals surface area contributed by atoms with Gasteiger partial charge in [-0.05, 0) is 34.9 Å². The Hall–Kier alpha value is -6.65. The minimum absolute atomic E-state index is 0.623. The summed E-state index contributed by atoms with van der Waals surface area (Å²) in [5.74, 6) is 1.89. The van der Waals surface area contributed by atoms with Crippen molar-refractivity contribution in [1.29, 1.82) is 0 Å². The zero-order valence-electron chi connectivity index (χ0n) is 26.6. The minimum atomic E-state index is 0.623. The van der Waals surface area contributed by atoms with Crippen molar-refractivity contribution in [1.82, 2.24) is 19.5 Å². The van der Waals surface area contributed by atoms with Crippen LogP contribution in [-0.2, 0) is 0 Å². The second kappa shape index (κ2) is 12.2. The van der Waals surface area contributed by atoms with Crippen molar-refractivity contribution in [3.63, 3.8) is 0 Å². The van der Waals surface area contributed by atoms with E-state index in [0.29, 0.717) is 17.5 Å². The quantitative estimate of drug-likeness (QED) is 0.184. The summed E-state index contributed by atoms with van der Waals surface area (Å²) in [7, 11) is 0. The normalized spacial score (nSPS) is 11.3. The maximum absolute atomic E-state index is 5.12. The lowest BCUT2D eigenvalue weighted by Crippen LogP contribution is -2.02. The van der Waals surface area contributed by atoms with E-state index in [2.05, 4.69) is 150 Å². The molecule has 9 aromatic rings. The Morgan fingerprint density at radius 2 is 0.694 bits per heavy atom. The third kappa shape index (κ3) is 5.26. The van der Waals surface area contributed by atoms with Gasteiger partial charge in [0.2, 0.25) is 0 Å². The number of para-hydroxylation sites is 2. The molecule has 0 fully saturated rings. The number of rotatable bonds is 6. The van der Waals surface area contributed by atoms with Gasteiger partial charge in [-0.15, -0.1) is 0 Å². The monoisotopic (exact) mass is 626 g/mol. The first-order valence-electron chi connectivity index (χ1n) is 16.5. The average Bonchev–Trinajstić information content (AvgIpc) is 3.53. The van der Waals surface area contributed by atoms with Crippen molar-refractivity contribution in [3.05, 3.63) is 182 Å². The van der Waals surface area contributed by atoms with E-state index in [9.17, 15) is 0 Å². The Labute approximate surface area is 284 Å². The highest BCUT2D eigenvalue weighted by Gasteiger charge is 2.18. The Kier molecular flexibility index (Phi) is 7.10. The third-order valence-electron chi connectivity index (χ3n) is 9.08. The summed E-state index contributed by atoms with van der Waals surface area (Å²) >= 11 is 0. The molecule has 0 radical (unpaired) electrons. The molecule has 0 bridgehead atoms. The molecular weight excluding hydrogens is 597 g/mol. The number of fused-ring (bicyclic) bond motifs is 3. The maximum atomic E-state index is 5.12. The average molecular weight is 627 g/mol. The second-order valence-electron chi connectivity index (χ2n) is 12.1. The standard InChI is InChI=1S/C45H30N4/c1-4-14-31(15-5-1)32-24-26-35(27-25-32)44-46-43(34-18-8-3-9-19-34)47-45(48-44)36-28-29-37(33-16-6-2-7-17-33)42(30-36)49-40-22-12-10-20-38(40)39-21-11-13-23-41(39)49/h1-30H. The topological polar surface area (TPSA) is 43.6 Å². The smallest absolute Gasteiger partial charge is 0.164 e. The van der Waals surface area contributed by atoms with Gasteiger partial charge in [-0.2, -0.15) is 0 Å². The number of benzene rings is 7. The first-order valence-corrected chi connectivity index (χ1v) is 16.5. The van der Waals surface area contributed by atoms with Gasteiger partial charge in [0.25, 0.3) is 0 Å². The van der Waals surface area contributed by atoms with Gasteiger partial charge < -0.3 is 4.57 Å². The molecule has 7 aromatic carbocycles.